The number of carbonyl (C=O) groups is 3. The molecule has 0 aliphatic carbocycles. The second-order valence-electron chi connectivity index (χ2n) is 7.92. The number of imide groups is 1. The van der Waals surface area contributed by atoms with Gasteiger partial charge in [0, 0.05) is 13.2 Å². The summed E-state index contributed by atoms with van der Waals surface area (Å²) in [5, 5.41) is 2.54. The lowest BCUT2D eigenvalue weighted by Crippen LogP contribution is -2.37. The normalized spacial score (nSPS) is 15.1. The molecule has 0 bridgehead atoms. The lowest BCUT2D eigenvalue weighted by molar-refractivity contribution is -0.114. The highest BCUT2D eigenvalue weighted by Gasteiger charge is 2.43. The Balaban J connectivity index is 2.14. The monoisotopic (exact) mass is 475 g/mol. The Hall–Kier alpha value is -3.40. The first-order valence-electron chi connectivity index (χ1n) is 10.5. The number of carbonyl (C=O) groups excluding carboxylic acids is 3. The summed E-state index contributed by atoms with van der Waals surface area (Å²) in [7, 11) is -2.24. The summed E-state index contributed by atoms with van der Waals surface area (Å²) in [4.78, 5) is 39.2. The molecule has 2 aromatic rings. The number of nitrogens with zero attached hydrogens (tertiary/aromatic N) is 1. The van der Waals surface area contributed by atoms with Gasteiger partial charge in [0.05, 0.1) is 43.2 Å². The topological polar surface area (TPSA) is 119 Å². The number of hydrogen-bond donors (Lipinski definition) is 1. The van der Waals surface area contributed by atoms with Crippen LogP contribution in [0.2, 0.25) is 0 Å². The van der Waals surface area contributed by atoms with Crippen molar-refractivity contribution >= 4 is 33.2 Å². The van der Waals surface area contributed by atoms with Crippen molar-refractivity contribution in [2.24, 2.45) is 0 Å². The predicted octanol–water partition coefficient (Wildman–Crippen LogP) is 2.82. The molecular weight excluding hydrogens is 448 g/mol. The van der Waals surface area contributed by atoms with Crippen molar-refractivity contribution in [2.75, 3.05) is 24.4 Å². The van der Waals surface area contributed by atoms with Gasteiger partial charge in [-0.1, -0.05) is 12.1 Å². The van der Waals surface area contributed by atoms with E-state index in [2.05, 4.69) is 5.32 Å². The number of nitrogens with one attached hydrogen (secondary N) is 1. The fraction of sp³-hybridized carbons (Fsp3) is 0.348. The van der Waals surface area contributed by atoms with Crippen LogP contribution < -0.4 is 14.8 Å². The molecule has 1 heterocycles. The van der Waals surface area contributed by atoms with E-state index in [-0.39, 0.29) is 22.6 Å². The van der Waals surface area contributed by atoms with E-state index < -0.39 is 45.4 Å². The van der Waals surface area contributed by atoms with E-state index in [0.29, 0.717) is 11.3 Å². The number of hydrogen-bond acceptors (Lipinski definition) is 7. The molecule has 0 saturated carbocycles. The van der Waals surface area contributed by atoms with Gasteiger partial charge >= 0.3 is 0 Å². The van der Waals surface area contributed by atoms with E-state index in [1.807, 2.05) is 0 Å². The summed E-state index contributed by atoms with van der Waals surface area (Å²) in [5.74, 6) is -1.90. The first-order valence-corrected chi connectivity index (χ1v) is 12.1. The molecule has 3 amide bonds. The van der Waals surface area contributed by atoms with Gasteiger partial charge in [-0.2, -0.15) is 0 Å². The number of anilines is 1. The van der Waals surface area contributed by atoms with Crippen molar-refractivity contribution < 1.29 is 33.6 Å². The van der Waals surface area contributed by atoms with Crippen LogP contribution in [0.25, 0.3) is 0 Å². The Morgan fingerprint density at radius 3 is 2.42 bits per heavy atom. The molecule has 0 aromatic heterocycles. The number of methoxy groups -OCH3 is 1. The van der Waals surface area contributed by atoms with E-state index in [1.54, 1.807) is 0 Å². The highest BCUT2D eigenvalue weighted by Crippen LogP contribution is 2.38. The zero-order valence-corrected chi connectivity index (χ0v) is 19.8. The Morgan fingerprint density at radius 2 is 1.85 bits per heavy atom. The quantitative estimate of drug-likeness (QED) is 0.583. The summed E-state index contributed by atoms with van der Waals surface area (Å²) in [6.07, 6.45) is -0.324. The highest BCUT2D eigenvalue weighted by atomic mass is 32.2. The van der Waals surface area contributed by atoms with Gasteiger partial charge in [-0.15, -0.1) is 0 Å². The van der Waals surface area contributed by atoms with Crippen LogP contribution in [-0.2, 0) is 14.6 Å². The molecule has 33 heavy (non-hydrogen) atoms. The second-order valence-corrected chi connectivity index (χ2v) is 10.1. The average molecular weight is 476 g/mol. The molecule has 0 saturated heterocycles. The van der Waals surface area contributed by atoms with Crippen LogP contribution in [0.15, 0.2) is 36.4 Å². The second kappa shape index (κ2) is 9.22. The van der Waals surface area contributed by atoms with Crippen molar-refractivity contribution in [2.45, 2.75) is 32.9 Å². The number of amides is 3. The maximum atomic E-state index is 13.4. The Labute approximate surface area is 194 Å². The molecule has 2 aromatic carbocycles. The van der Waals surface area contributed by atoms with Gasteiger partial charge in [0.15, 0.2) is 11.5 Å². The van der Waals surface area contributed by atoms with Crippen LogP contribution in [0.4, 0.5) is 5.69 Å². The van der Waals surface area contributed by atoms with Gasteiger partial charge < -0.3 is 14.8 Å². The Bertz CT molecular complexity index is 1270. The van der Waals surface area contributed by atoms with Crippen LogP contribution in [0.5, 0.6) is 11.5 Å². The molecule has 176 valence electrons. The lowest BCUT2D eigenvalue weighted by atomic mass is 10.1. The number of fused-ring (bicyclic) bond motifs is 1. The molecule has 1 N–H and O–H groups in total. The number of sulfone groups is 1. The van der Waals surface area contributed by atoms with E-state index in [9.17, 15) is 22.8 Å². The molecule has 1 atom stereocenters. The van der Waals surface area contributed by atoms with Crippen LogP contribution in [0, 0.1) is 0 Å². The number of benzene rings is 2. The molecule has 0 spiro atoms. The zero-order valence-electron chi connectivity index (χ0n) is 20.0. The standard InChI is InChI=1S/C23H26N2O7S/c1-13(2)32-20-11-15(9-10-19(20)31-4)18(12-33(5,29)30)25-22(27)16-7-6-8-17(24-14(3)26)21(16)23(25)28/h6-11,13,18H,12H2,1-5H3,(H,24,26)/i13D. The largest absolute Gasteiger partial charge is 0.493 e. The molecule has 10 heteroatoms. The first kappa shape index (κ1) is 22.8. The molecule has 0 radical (unpaired) electrons. The van der Waals surface area contributed by atoms with Gasteiger partial charge in [0.2, 0.25) is 5.91 Å². The fourth-order valence-corrected chi connectivity index (χ4v) is 4.60. The van der Waals surface area contributed by atoms with Gasteiger partial charge in [0.1, 0.15) is 9.84 Å². The Morgan fingerprint density at radius 1 is 1.15 bits per heavy atom. The SMILES string of the molecule is [2H]C(C)(C)Oc1cc(C(CS(C)(=O)=O)N2C(=O)c3cccc(NC(C)=O)c3C2=O)ccc1OC. The first-order chi connectivity index (χ1) is 15.7. The summed E-state index contributed by atoms with van der Waals surface area (Å²) in [5.41, 5.74) is 0.533. The van der Waals surface area contributed by atoms with Gasteiger partial charge in [0.25, 0.3) is 11.8 Å². The van der Waals surface area contributed by atoms with Crippen molar-refractivity contribution in [1.82, 2.24) is 4.90 Å². The minimum absolute atomic E-state index is 0.00141. The molecule has 3 rings (SSSR count). The third-order valence-corrected chi connectivity index (χ3v) is 5.84. The van der Waals surface area contributed by atoms with Crippen LogP contribution in [-0.4, -0.2) is 56.2 Å². The van der Waals surface area contributed by atoms with Gasteiger partial charge in [-0.3, -0.25) is 19.3 Å². The summed E-state index contributed by atoms with van der Waals surface area (Å²) < 4.78 is 43.6. The predicted molar refractivity (Wildman–Crippen MR) is 122 cm³/mol. The molecule has 1 unspecified atom stereocenters. The number of rotatable bonds is 8. The average Bonchev–Trinajstić information content (AvgIpc) is 2.95. The van der Waals surface area contributed by atoms with Crippen molar-refractivity contribution in [1.29, 1.82) is 0 Å². The van der Waals surface area contributed by atoms with Gasteiger partial charge in [-0.05, 0) is 43.7 Å². The van der Waals surface area contributed by atoms with E-state index in [4.69, 9.17) is 10.8 Å². The van der Waals surface area contributed by atoms with E-state index >= 15 is 0 Å². The van der Waals surface area contributed by atoms with Crippen LogP contribution in [0.1, 0.15) is 54.5 Å². The molecule has 1 aliphatic rings. The van der Waals surface area contributed by atoms with Gasteiger partial charge in [-0.25, -0.2) is 8.42 Å². The molecule has 9 nitrogen and oxygen atoms in total. The maximum Gasteiger partial charge on any atom is 0.264 e. The fourth-order valence-electron chi connectivity index (χ4n) is 3.69. The maximum absolute atomic E-state index is 13.4. The van der Waals surface area contributed by atoms with Crippen molar-refractivity contribution in [3.05, 3.63) is 53.1 Å². The summed E-state index contributed by atoms with van der Waals surface area (Å²) >= 11 is 0. The zero-order chi connectivity index (χ0) is 25.4. The minimum atomic E-state index is -3.66. The third kappa shape index (κ3) is 5.16. The van der Waals surface area contributed by atoms with E-state index in [0.717, 1.165) is 11.2 Å². The lowest BCUT2D eigenvalue weighted by Gasteiger charge is -2.27. The summed E-state index contributed by atoms with van der Waals surface area (Å²) in [6.45, 7) is 4.30. The van der Waals surface area contributed by atoms with E-state index in [1.165, 1.54) is 64.3 Å². The van der Waals surface area contributed by atoms with Crippen LogP contribution >= 0.6 is 0 Å². The number of ether oxygens (including phenoxy) is 2. The molecule has 1 aliphatic heterocycles. The minimum Gasteiger partial charge on any atom is -0.493 e. The smallest absolute Gasteiger partial charge is 0.264 e. The Kier molecular flexibility index (Phi) is 6.37. The highest BCUT2D eigenvalue weighted by molar-refractivity contribution is 7.90. The molecular formula is C23H26N2O7S. The van der Waals surface area contributed by atoms with Crippen LogP contribution in [0.3, 0.4) is 0 Å². The van der Waals surface area contributed by atoms with Crippen molar-refractivity contribution in [3.8, 4) is 11.5 Å². The van der Waals surface area contributed by atoms with Crippen molar-refractivity contribution in [3.63, 3.8) is 0 Å². The summed E-state index contributed by atoms with van der Waals surface area (Å²) in [6, 6.07) is 7.81. The third-order valence-electron chi connectivity index (χ3n) is 4.92. The molecule has 0 fully saturated rings.